The summed E-state index contributed by atoms with van der Waals surface area (Å²) in [6.45, 7) is 7.49. The van der Waals surface area contributed by atoms with Gasteiger partial charge < -0.3 is 14.5 Å². The molecule has 5 nitrogen and oxygen atoms in total. The van der Waals surface area contributed by atoms with Crippen molar-refractivity contribution in [2.24, 2.45) is 0 Å². The van der Waals surface area contributed by atoms with Crippen LogP contribution >= 0.6 is 0 Å². The number of benzene rings is 1. The van der Waals surface area contributed by atoms with Crippen molar-refractivity contribution in [3.63, 3.8) is 0 Å². The zero-order chi connectivity index (χ0) is 15.9. The minimum absolute atomic E-state index is 0.142. The number of hydrogen-bond acceptors (Lipinski definition) is 4. The second-order valence-corrected chi connectivity index (χ2v) is 7.05. The van der Waals surface area contributed by atoms with E-state index in [1.54, 1.807) is 0 Å². The lowest BCUT2D eigenvalue weighted by molar-refractivity contribution is -0.151. The van der Waals surface area contributed by atoms with Crippen molar-refractivity contribution in [1.82, 2.24) is 14.9 Å². The van der Waals surface area contributed by atoms with E-state index in [0.29, 0.717) is 12.6 Å². The number of morpholine rings is 1. The maximum Gasteiger partial charge on any atom is 0.137 e. The highest BCUT2D eigenvalue weighted by molar-refractivity contribution is 5.54. The van der Waals surface area contributed by atoms with Gasteiger partial charge in [-0.3, -0.25) is 4.90 Å². The predicted molar refractivity (Wildman–Crippen MR) is 88.0 cm³/mol. The molecular weight excluding hydrogens is 290 g/mol. The average Bonchev–Trinajstić information content (AvgIpc) is 3.16. The third-order valence-corrected chi connectivity index (χ3v) is 4.57. The van der Waals surface area contributed by atoms with Crippen molar-refractivity contribution in [2.75, 3.05) is 19.8 Å². The molecular formula is C18H23N3O2. The van der Waals surface area contributed by atoms with Crippen molar-refractivity contribution in [1.29, 1.82) is 0 Å². The third kappa shape index (κ3) is 3.04. The molecule has 0 aliphatic carbocycles. The summed E-state index contributed by atoms with van der Waals surface area (Å²) in [6.07, 6.45) is 2.12. The number of ether oxygens (including phenoxy) is 2. The Bertz CT molecular complexity index is 668. The number of imidazole rings is 1. The zero-order valence-electron chi connectivity index (χ0n) is 13.7. The molecule has 0 bridgehead atoms. The number of hydrogen-bond donors (Lipinski definition) is 1. The number of nitrogens with one attached hydrogen (secondary N) is 1. The van der Waals surface area contributed by atoms with Crippen LogP contribution in [0.5, 0.6) is 0 Å². The van der Waals surface area contributed by atoms with E-state index in [1.165, 1.54) is 0 Å². The molecule has 0 amide bonds. The first-order chi connectivity index (χ1) is 11.1. The van der Waals surface area contributed by atoms with Gasteiger partial charge in [-0.05, 0) is 13.8 Å². The van der Waals surface area contributed by atoms with Crippen LogP contribution in [0, 0.1) is 0 Å². The van der Waals surface area contributed by atoms with Gasteiger partial charge in [0, 0.05) is 30.5 Å². The Morgan fingerprint density at radius 1 is 1.26 bits per heavy atom. The molecule has 3 heterocycles. The van der Waals surface area contributed by atoms with Crippen LogP contribution in [0.4, 0.5) is 0 Å². The van der Waals surface area contributed by atoms with Crippen molar-refractivity contribution in [3.8, 4) is 11.4 Å². The maximum atomic E-state index is 6.15. The second-order valence-electron chi connectivity index (χ2n) is 7.05. The van der Waals surface area contributed by atoms with E-state index in [1.807, 2.05) is 24.4 Å². The largest absolute Gasteiger partial charge is 0.377 e. The standard InChI is InChI=1S/C18H23N3O2/c1-18(2)12-21(15-10-22-11-16(15)23-18)9-14-8-19-17(20-14)13-6-4-3-5-7-13/h3-8,15-16H,9-12H2,1-2H3,(H,19,20)/t15-,16-/m1/s1. The summed E-state index contributed by atoms with van der Waals surface area (Å²) >= 11 is 0. The minimum Gasteiger partial charge on any atom is -0.377 e. The first-order valence-corrected chi connectivity index (χ1v) is 8.20. The molecule has 2 saturated heterocycles. The first-order valence-electron chi connectivity index (χ1n) is 8.20. The van der Waals surface area contributed by atoms with E-state index in [4.69, 9.17) is 9.47 Å². The van der Waals surface area contributed by atoms with E-state index < -0.39 is 0 Å². The molecule has 4 rings (SSSR count). The van der Waals surface area contributed by atoms with Gasteiger partial charge in [0.05, 0.1) is 31.0 Å². The Kier molecular flexibility index (Phi) is 3.71. The van der Waals surface area contributed by atoms with Gasteiger partial charge in [0.25, 0.3) is 0 Å². The molecule has 2 atom stereocenters. The molecule has 2 aliphatic heterocycles. The molecule has 2 aliphatic rings. The lowest BCUT2D eigenvalue weighted by atomic mass is 10.0. The fourth-order valence-electron chi connectivity index (χ4n) is 3.60. The quantitative estimate of drug-likeness (QED) is 0.946. The predicted octanol–water partition coefficient (Wildman–Crippen LogP) is 2.45. The summed E-state index contributed by atoms with van der Waals surface area (Å²) in [4.78, 5) is 10.4. The summed E-state index contributed by atoms with van der Waals surface area (Å²) in [5.41, 5.74) is 2.10. The van der Waals surface area contributed by atoms with Crippen LogP contribution in [-0.2, 0) is 16.0 Å². The van der Waals surface area contributed by atoms with E-state index >= 15 is 0 Å². The van der Waals surface area contributed by atoms with Crippen LogP contribution < -0.4 is 0 Å². The number of aromatic amines is 1. The lowest BCUT2D eigenvalue weighted by Gasteiger charge is -2.44. The molecule has 23 heavy (non-hydrogen) atoms. The highest BCUT2D eigenvalue weighted by Crippen LogP contribution is 2.30. The van der Waals surface area contributed by atoms with Gasteiger partial charge in [0.1, 0.15) is 5.82 Å². The van der Waals surface area contributed by atoms with E-state index in [0.717, 1.165) is 36.8 Å². The van der Waals surface area contributed by atoms with Crippen LogP contribution in [0.3, 0.4) is 0 Å². The monoisotopic (exact) mass is 313 g/mol. The van der Waals surface area contributed by atoms with Gasteiger partial charge in [0.15, 0.2) is 0 Å². The molecule has 5 heteroatoms. The first kappa shape index (κ1) is 14.9. The Labute approximate surface area is 136 Å². The minimum atomic E-state index is -0.142. The highest BCUT2D eigenvalue weighted by Gasteiger charge is 2.44. The van der Waals surface area contributed by atoms with Crippen LogP contribution in [-0.4, -0.2) is 52.4 Å². The number of H-pyrrole nitrogens is 1. The van der Waals surface area contributed by atoms with Gasteiger partial charge in [0.2, 0.25) is 0 Å². The van der Waals surface area contributed by atoms with Gasteiger partial charge in [-0.1, -0.05) is 30.3 Å². The van der Waals surface area contributed by atoms with E-state index in [2.05, 4.69) is 40.8 Å². The molecule has 0 saturated carbocycles. The molecule has 0 radical (unpaired) electrons. The van der Waals surface area contributed by atoms with Gasteiger partial charge in [-0.25, -0.2) is 4.98 Å². The number of rotatable bonds is 3. The topological polar surface area (TPSA) is 50.4 Å². The summed E-state index contributed by atoms with van der Waals surface area (Å²) in [5, 5.41) is 0. The normalized spacial score (nSPS) is 27.0. The summed E-state index contributed by atoms with van der Waals surface area (Å²) in [5.74, 6) is 0.923. The second kappa shape index (κ2) is 5.74. The Morgan fingerprint density at radius 3 is 2.91 bits per heavy atom. The van der Waals surface area contributed by atoms with Crippen LogP contribution in [0.25, 0.3) is 11.4 Å². The third-order valence-electron chi connectivity index (χ3n) is 4.57. The SMILES string of the molecule is CC1(C)CN(Cc2cnc(-c3ccccc3)[nH]2)[C@@H]2COC[C@H]2O1. The van der Waals surface area contributed by atoms with Crippen molar-refractivity contribution in [3.05, 3.63) is 42.2 Å². The van der Waals surface area contributed by atoms with Crippen LogP contribution in [0.15, 0.2) is 36.5 Å². The molecule has 0 unspecified atom stereocenters. The fourth-order valence-corrected chi connectivity index (χ4v) is 3.60. The maximum absolute atomic E-state index is 6.15. The molecule has 0 spiro atoms. The van der Waals surface area contributed by atoms with Crippen LogP contribution in [0.1, 0.15) is 19.5 Å². The highest BCUT2D eigenvalue weighted by atomic mass is 16.6. The number of nitrogens with zero attached hydrogens (tertiary/aromatic N) is 2. The van der Waals surface area contributed by atoms with Crippen molar-refractivity contribution < 1.29 is 9.47 Å². The average molecular weight is 313 g/mol. The Balaban J connectivity index is 1.52. The number of aromatic nitrogens is 2. The van der Waals surface area contributed by atoms with Gasteiger partial charge >= 0.3 is 0 Å². The zero-order valence-corrected chi connectivity index (χ0v) is 13.7. The molecule has 1 aromatic carbocycles. The Morgan fingerprint density at radius 2 is 2.09 bits per heavy atom. The summed E-state index contributed by atoms with van der Waals surface area (Å²) in [6, 6.07) is 10.6. The molecule has 1 aromatic heterocycles. The summed E-state index contributed by atoms with van der Waals surface area (Å²) in [7, 11) is 0. The molecule has 2 aromatic rings. The van der Waals surface area contributed by atoms with Gasteiger partial charge in [-0.2, -0.15) is 0 Å². The van der Waals surface area contributed by atoms with E-state index in [9.17, 15) is 0 Å². The van der Waals surface area contributed by atoms with Crippen molar-refractivity contribution >= 4 is 0 Å². The van der Waals surface area contributed by atoms with Crippen LogP contribution in [0.2, 0.25) is 0 Å². The molecule has 1 N–H and O–H groups in total. The molecule has 122 valence electrons. The van der Waals surface area contributed by atoms with E-state index in [-0.39, 0.29) is 11.7 Å². The fraction of sp³-hybridized carbons (Fsp3) is 0.500. The van der Waals surface area contributed by atoms with Gasteiger partial charge in [-0.15, -0.1) is 0 Å². The Hall–Kier alpha value is -1.69. The smallest absolute Gasteiger partial charge is 0.137 e. The molecule has 2 fully saturated rings. The summed E-state index contributed by atoms with van der Waals surface area (Å²) < 4.78 is 11.8. The lowest BCUT2D eigenvalue weighted by Crippen LogP contribution is -2.57. The van der Waals surface area contributed by atoms with Crippen molar-refractivity contribution in [2.45, 2.75) is 38.1 Å². The number of fused-ring (bicyclic) bond motifs is 1.